The van der Waals surface area contributed by atoms with Crippen molar-refractivity contribution in [1.29, 1.82) is 0 Å². The average Bonchev–Trinajstić information content (AvgIpc) is 2.91. The third kappa shape index (κ3) is 3.27. The highest BCUT2D eigenvalue weighted by Gasteiger charge is 2.39. The van der Waals surface area contributed by atoms with Crippen LogP contribution in [0.1, 0.15) is 63.2 Å². The molecular formula is C15H25N3O3. The van der Waals surface area contributed by atoms with Crippen LogP contribution in [-0.2, 0) is 15.1 Å². The Hall–Kier alpha value is -0.980. The zero-order chi connectivity index (χ0) is 14.5. The molecule has 1 atom stereocenters. The topological polar surface area (TPSA) is 69.4 Å². The first-order valence-corrected chi connectivity index (χ1v) is 8.13. The Morgan fingerprint density at radius 1 is 1.29 bits per heavy atom. The monoisotopic (exact) mass is 295 g/mol. The molecule has 2 fully saturated rings. The zero-order valence-electron chi connectivity index (χ0n) is 12.8. The van der Waals surface area contributed by atoms with Gasteiger partial charge in [-0.1, -0.05) is 30.8 Å². The molecule has 3 rings (SSSR count). The van der Waals surface area contributed by atoms with Crippen molar-refractivity contribution in [2.75, 3.05) is 26.4 Å². The number of ether oxygens (including phenoxy) is 2. The zero-order valence-corrected chi connectivity index (χ0v) is 12.8. The van der Waals surface area contributed by atoms with E-state index in [-0.39, 0.29) is 11.6 Å². The fourth-order valence-corrected chi connectivity index (χ4v) is 3.29. The molecule has 1 unspecified atom stereocenters. The van der Waals surface area contributed by atoms with Crippen LogP contribution in [0.3, 0.4) is 0 Å². The molecule has 1 aromatic rings. The predicted molar refractivity (Wildman–Crippen MR) is 76.9 cm³/mol. The summed E-state index contributed by atoms with van der Waals surface area (Å²) >= 11 is 0. The van der Waals surface area contributed by atoms with E-state index in [1.54, 1.807) is 0 Å². The summed E-state index contributed by atoms with van der Waals surface area (Å²) < 4.78 is 17.0. The van der Waals surface area contributed by atoms with Crippen LogP contribution in [0.25, 0.3) is 0 Å². The lowest BCUT2D eigenvalue weighted by molar-refractivity contribution is -0.0636. The van der Waals surface area contributed by atoms with Crippen molar-refractivity contribution in [2.45, 2.75) is 57.1 Å². The van der Waals surface area contributed by atoms with E-state index in [0.29, 0.717) is 24.9 Å². The van der Waals surface area contributed by atoms with Crippen LogP contribution in [0.2, 0.25) is 0 Å². The molecule has 21 heavy (non-hydrogen) atoms. The van der Waals surface area contributed by atoms with Crippen molar-refractivity contribution < 1.29 is 14.0 Å². The molecule has 6 heteroatoms. The largest absolute Gasteiger partial charge is 0.378 e. The smallest absolute Gasteiger partial charge is 0.246 e. The van der Waals surface area contributed by atoms with Crippen LogP contribution in [0.5, 0.6) is 0 Å². The van der Waals surface area contributed by atoms with Crippen molar-refractivity contribution >= 4 is 0 Å². The van der Waals surface area contributed by atoms with E-state index in [0.717, 1.165) is 38.8 Å². The van der Waals surface area contributed by atoms with Gasteiger partial charge in [-0.25, -0.2) is 0 Å². The fraction of sp³-hybridized carbons (Fsp3) is 0.867. The van der Waals surface area contributed by atoms with E-state index < -0.39 is 0 Å². The van der Waals surface area contributed by atoms with Gasteiger partial charge in [0.1, 0.15) is 11.6 Å². The number of nitrogens with one attached hydrogen (secondary N) is 1. The lowest BCUT2D eigenvalue weighted by atomic mass is 9.93. The second-order valence-electron chi connectivity index (χ2n) is 5.88. The van der Waals surface area contributed by atoms with Crippen molar-refractivity contribution in [2.24, 2.45) is 0 Å². The fourth-order valence-electron chi connectivity index (χ4n) is 3.29. The summed E-state index contributed by atoms with van der Waals surface area (Å²) in [6, 6.07) is 0.00412. The summed E-state index contributed by atoms with van der Waals surface area (Å²) in [5, 5.41) is 7.59. The Balaban J connectivity index is 1.80. The Morgan fingerprint density at radius 2 is 2.10 bits per heavy atom. The van der Waals surface area contributed by atoms with Crippen molar-refractivity contribution in [3.8, 4) is 0 Å². The molecule has 1 N–H and O–H groups in total. The van der Waals surface area contributed by atoms with Gasteiger partial charge in [0.25, 0.3) is 0 Å². The summed E-state index contributed by atoms with van der Waals surface area (Å²) in [5.74, 6) is 1.33. The maximum absolute atomic E-state index is 6.10. The molecule has 0 aromatic carbocycles. The number of hydrogen-bond donors (Lipinski definition) is 1. The maximum atomic E-state index is 6.10. The molecule has 0 bridgehead atoms. The molecule has 0 amide bonds. The maximum Gasteiger partial charge on any atom is 0.246 e. The first-order valence-electron chi connectivity index (χ1n) is 8.13. The highest BCUT2D eigenvalue weighted by Crippen LogP contribution is 2.38. The highest BCUT2D eigenvalue weighted by atomic mass is 16.5. The Kier molecular flexibility index (Phi) is 4.87. The molecule has 1 aliphatic carbocycles. The van der Waals surface area contributed by atoms with Crippen molar-refractivity contribution in [3.05, 3.63) is 11.7 Å². The Morgan fingerprint density at radius 3 is 2.76 bits per heavy atom. The second kappa shape index (κ2) is 6.85. The Bertz CT molecular complexity index is 435. The molecule has 1 aromatic heterocycles. The van der Waals surface area contributed by atoms with Gasteiger partial charge in [0.2, 0.25) is 11.7 Å². The van der Waals surface area contributed by atoms with Gasteiger partial charge in [-0.15, -0.1) is 0 Å². The molecule has 0 spiro atoms. The lowest BCUT2D eigenvalue weighted by Gasteiger charge is -2.29. The third-order valence-corrected chi connectivity index (χ3v) is 4.40. The van der Waals surface area contributed by atoms with Gasteiger partial charge in [0.05, 0.1) is 13.2 Å². The minimum atomic E-state index is -0.359. The van der Waals surface area contributed by atoms with Crippen LogP contribution in [-0.4, -0.2) is 36.5 Å². The van der Waals surface area contributed by atoms with Gasteiger partial charge >= 0.3 is 0 Å². The third-order valence-electron chi connectivity index (χ3n) is 4.40. The van der Waals surface area contributed by atoms with Crippen LogP contribution in [0.15, 0.2) is 4.52 Å². The van der Waals surface area contributed by atoms with Gasteiger partial charge in [0.15, 0.2) is 0 Å². The molecule has 2 aliphatic rings. The summed E-state index contributed by atoms with van der Waals surface area (Å²) in [6.07, 6.45) is 6.81. The van der Waals surface area contributed by atoms with E-state index in [9.17, 15) is 0 Å². The molecule has 6 nitrogen and oxygen atoms in total. The van der Waals surface area contributed by atoms with E-state index in [4.69, 9.17) is 14.0 Å². The first kappa shape index (κ1) is 14.9. The molecule has 118 valence electrons. The summed E-state index contributed by atoms with van der Waals surface area (Å²) in [7, 11) is 0. The quantitative estimate of drug-likeness (QED) is 0.860. The van der Waals surface area contributed by atoms with Gasteiger partial charge in [-0.05, 0) is 19.8 Å². The van der Waals surface area contributed by atoms with E-state index in [1.165, 1.54) is 12.8 Å². The molecule has 1 saturated carbocycles. The van der Waals surface area contributed by atoms with E-state index in [1.807, 2.05) is 6.92 Å². The van der Waals surface area contributed by atoms with Crippen LogP contribution in [0, 0.1) is 0 Å². The average molecular weight is 295 g/mol. The Labute approximate surface area is 125 Å². The molecule has 1 aliphatic heterocycles. The highest BCUT2D eigenvalue weighted by molar-refractivity contribution is 5.05. The molecular weight excluding hydrogens is 270 g/mol. The van der Waals surface area contributed by atoms with Crippen molar-refractivity contribution in [1.82, 2.24) is 15.5 Å². The summed E-state index contributed by atoms with van der Waals surface area (Å²) in [5.41, 5.74) is -0.359. The van der Waals surface area contributed by atoms with Gasteiger partial charge < -0.3 is 19.3 Å². The first-order chi connectivity index (χ1) is 10.3. The number of aromatic nitrogens is 2. The van der Waals surface area contributed by atoms with E-state index >= 15 is 0 Å². The number of morpholine rings is 1. The van der Waals surface area contributed by atoms with Crippen LogP contribution >= 0.6 is 0 Å². The van der Waals surface area contributed by atoms with Gasteiger partial charge in [-0.2, -0.15) is 4.98 Å². The molecule has 1 saturated heterocycles. The number of hydrogen-bond acceptors (Lipinski definition) is 6. The lowest BCUT2D eigenvalue weighted by Crippen LogP contribution is -2.35. The summed E-state index contributed by atoms with van der Waals surface area (Å²) in [6.45, 7) is 4.85. The van der Waals surface area contributed by atoms with Crippen LogP contribution < -0.4 is 5.32 Å². The van der Waals surface area contributed by atoms with Gasteiger partial charge in [0, 0.05) is 13.2 Å². The number of rotatable bonds is 4. The minimum absolute atomic E-state index is 0.00412. The van der Waals surface area contributed by atoms with Crippen molar-refractivity contribution in [3.63, 3.8) is 0 Å². The summed E-state index contributed by atoms with van der Waals surface area (Å²) in [4.78, 5) is 4.64. The SMILES string of the molecule is CCOC1(c2noc(C3COCCN3)n2)CCCCCC1. The number of nitrogens with zero attached hydrogens (tertiary/aromatic N) is 2. The van der Waals surface area contributed by atoms with Crippen LogP contribution in [0.4, 0.5) is 0 Å². The van der Waals surface area contributed by atoms with Gasteiger partial charge in [-0.3, -0.25) is 0 Å². The molecule has 2 heterocycles. The predicted octanol–water partition coefficient (Wildman–Crippen LogP) is 2.32. The second-order valence-corrected chi connectivity index (χ2v) is 5.88. The minimum Gasteiger partial charge on any atom is -0.378 e. The van der Waals surface area contributed by atoms with E-state index in [2.05, 4.69) is 15.5 Å². The molecule has 0 radical (unpaired) electrons. The normalized spacial score (nSPS) is 26.4. The standard InChI is InChI=1S/C15H25N3O3/c1-2-20-15(7-5-3-4-6-8-15)14-17-13(21-18-14)12-11-19-10-9-16-12/h12,16H,2-11H2,1H3.